The molecule has 0 bridgehead atoms. The summed E-state index contributed by atoms with van der Waals surface area (Å²) in [6.45, 7) is 1.82. The Hall–Kier alpha value is -1.87. The van der Waals surface area contributed by atoms with Crippen LogP contribution in [0.1, 0.15) is 18.1 Å². The first-order chi connectivity index (χ1) is 9.07. The van der Waals surface area contributed by atoms with E-state index in [1.165, 1.54) is 5.41 Å². The van der Waals surface area contributed by atoms with Gasteiger partial charge in [0.25, 0.3) is 0 Å². The fourth-order valence-corrected chi connectivity index (χ4v) is 3.30. The maximum atomic E-state index is 12.1. The van der Waals surface area contributed by atoms with Crippen LogP contribution in [0.2, 0.25) is 0 Å². The molecule has 2 aromatic carbocycles. The van der Waals surface area contributed by atoms with Crippen LogP contribution < -0.4 is 0 Å². The second-order valence-electron chi connectivity index (χ2n) is 4.46. The number of hydrogen-bond acceptors (Lipinski definition) is 2. The van der Waals surface area contributed by atoms with Gasteiger partial charge in [0, 0.05) is 5.41 Å². The molecule has 0 heterocycles. The van der Waals surface area contributed by atoms with E-state index in [9.17, 15) is 8.42 Å². The van der Waals surface area contributed by atoms with Gasteiger partial charge < -0.3 is 0 Å². The normalized spacial score (nSPS) is 12.4. The summed E-state index contributed by atoms with van der Waals surface area (Å²) in [5, 5.41) is 1.36. The van der Waals surface area contributed by atoms with Crippen molar-refractivity contribution < 1.29 is 8.42 Å². The minimum Gasteiger partial charge on any atom is -0.224 e. The SMILES string of the molecule is C/C(=C/S(=O)(=O)Cc1ccccc1)c1ccccc1. The highest BCUT2D eigenvalue weighted by molar-refractivity contribution is 7.93. The zero-order chi connectivity index (χ0) is 13.7. The number of sulfone groups is 1. The molecule has 19 heavy (non-hydrogen) atoms. The zero-order valence-corrected chi connectivity index (χ0v) is 11.6. The molecule has 0 N–H and O–H groups in total. The number of rotatable bonds is 4. The first kappa shape index (κ1) is 13.6. The third-order valence-corrected chi connectivity index (χ3v) is 4.24. The Morgan fingerprint density at radius 2 is 1.47 bits per heavy atom. The average Bonchev–Trinajstić information content (AvgIpc) is 2.39. The molecular formula is C16H16O2S. The third kappa shape index (κ3) is 4.07. The standard InChI is InChI=1S/C16H16O2S/c1-14(16-10-6-3-7-11-16)12-19(17,18)13-15-8-4-2-5-9-15/h2-12H,13H2,1H3/b14-12-. The van der Waals surface area contributed by atoms with Crippen LogP contribution in [0.15, 0.2) is 66.1 Å². The predicted octanol–water partition coefficient (Wildman–Crippen LogP) is 3.66. The molecule has 0 saturated carbocycles. The van der Waals surface area contributed by atoms with Crippen LogP contribution >= 0.6 is 0 Å². The van der Waals surface area contributed by atoms with Gasteiger partial charge in [-0.3, -0.25) is 0 Å². The van der Waals surface area contributed by atoms with Crippen LogP contribution in [0.4, 0.5) is 0 Å². The second kappa shape index (κ2) is 5.85. The molecule has 0 aliphatic heterocycles. The molecule has 2 aromatic rings. The molecule has 0 atom stereocenters. The van der Waals surface area contributed by atoms with Crippen LogP contribution in [0, 0.1) is 0 Å². The Balaban J connectivity index is 2.22. The largest absolute Gasteiger partial charge is 0.224 e. The van der Waals surface area contributed by atoms with Gasteiger partial charge in [0.2, 0.25) is 0 Å². The van der Waals surface area contributed by atoms with Crippen molar-refractivity contribution in [2.75, 3.05) is 0 Å². The first-order valence-corrected chi connectivity index (χ1v) is 7.79. The van der Waals surface area contributed by atoms with Crippen molar-refractivity contribution in [2.45, 2.75) is 12.7 Å². The van der Waals surface area contributed by atoms with Crippen LogP contribution in [0.3, 0.4) is 0 Å². The fraction of sp³-hybridized carbons (Fsp3) is 0.125. The summed E-state index contributed by atoms with van der Waals surface area (Å²) in [6, 6.07) is 18.7. The van der Waals surface area contributed by atoms with E-state index in [2.05, 4.69) is 0 Å². The second-order valence-corrected chi connectivity index (χ2v) is 6.31. The summed E-state index contributed by atoms with van der Waals surface area (Å²) in [4.78, 5) is 0. The van der Waals surface area contributed by atoms with Gasteiger partial charge in [-0.25, -0.2) is 8.42 Å². The van der Waals surface area contributed by atoms with Crippen molar-refractivity contribution in [1.29, 1.82) is 0 Å². The smallest absolute Gasteiger partial charge is 0.176 e. The van der Waals surface area contributed by atoms with E-state index in [1.54, 1.807) is 0 Å². The first-order valence-electron chi connectivity index (χ1n) is 6.07. The summed E-state index contributed by atoms with van der Waals surface area (Å²) in [5.41, 5.74) is 2.50. The molecule has 0 aromatic heterocycles. The highest BCUT2D eigenvalue weighted by atomic mass is 32.2. The number of hydrogen-bond donors (Lipinski definition) is 0. The maximum Gasteiger partial charge on any atom is 0.176 e. The molecule has 2 rings (SSSR count). The lowest BCUT2D eigenvalue weighted by atomic mass is 10.1. The van der Waals surface area contributed by atoms with Crippen molar-refractivity contribution in [3.63, 3.8) is 0 Å². The van der Waals surface area contributed by atoms with Gasteiger partial charge in [-0.2, -0.15) is 0 Å². The molecule has 0 saturated heterocycles. The van der Waals surface area contributed by atoms with Crippen LogP contribution in [-0.2, 0) is 15.6 Å². The summed E-state index contributed by atoms with van der Waals surface area (Å²) < 4.78 is 24.2. The van der Waals surface area contributed by atoms with E-state index < -0.39 is 9.84 Å². The van der Waals surface area contributed by atoms with Crippen molar-refractivity contribution in [3.8, 4) is 0 Å². The van der Waals surface area contributed by atoms with Gasteiger partial charge in [0.15, 0.2) is 9.84 Å². The lowest BCUT2D eigenvalue weighted by Gasteiger charge is -2.03. The van der Waals surface area contributed by atoms with E-state index in [4.69, 9.17) is 0 Å². The summed E-state index contributed by atoms with van der Waals surface area (Å²) in [5.74, 6) is 0.0397. The molecule has 0 radical (unpaired) electrons. The number of allylic oxidation sites excluding steroid dienone is 1. The fourth-order valence-electron chi connectivity index (χ4n) is 1.89. The van der Waals surface area contributed by atoms with Crippen molar-refractivity contribution in [3.05, 3.63) is 77.2 Å². The molecule has 2 nitrogen and oxygen atoms in total. The lowest BCUT2D eigenvalue weighted by Crippen LogP contribution is -2.00. The van der Waals surface area contributed by atoms with Gasteiger partial charge >= 0.3 is 0 Å². The Morgan fingerprint density at radius 3 is 2.05 bits per heavy atom. The van der Waals surface area contributed by atoms with Crippen molar-refractivity contribution in [2.24, 2.45) is 0 Å². The summed E-state index contributed by atoms with van der Waals surface area (Å²) in [7, 11) is -3.24. The Labute approximate surface area is 114 Å². The highest BCUT2D eigenvalue weighted by Gasteiger charge is 2.09. The minimum atomic E-state index is -3.24. The van der Waals surface area contributed by atoms with Crippen molar-refractivity contribution in [1.82, 2.24) is 0 Å². The van der Waals surface area contributed by atoms with Gasteiger partial charge in [0.1, 0.15) is 0 Å². The van der Waals surface area contributed by atoms with E-state index in [0.29, 0.717) is 0 Å². The maximum absolute atomic E-state index is 12.1. The third-order valence-electron chi connectivity index (χ3n) is 2.80. The average molecular weight is 272 g/mol. The Bertz CT molecular complexity index is 656. The van der Waals surface area contributed by atoms with E-state index >= 15 is 0 Å². The molecule has 0 aliphatic carbocycles. The minimum absolute atomic E-state index is 0.0397. The topological polar surface area (TPSA) is 34.1 Å². The Morgan fingerprint density at radius 1 is 0.947 bits per heavy atom. The molecule has 0 amide bonds. The van der Waals surface area contributed by atoms with E-state index in [-0.39, 0.29) is 5.75 Å². The van der Waals surface area contributed by atoms with Crippen LogP contribution in [0.5, 0.6) is 0 Å². The highest BCUT2D eigenvalue weighted by Crippen LogP contribution is 2.16. The van der Waals surface area contributed by atoms with Crippen LogP contribution in [-0.4, -0.2) is 8.42 Å². The van der Waals surface area contributed by atoms with Crippen LogP contribution in [0.25, 0.3) is 5.57 Å². The van der Waals surface area contributed by atoms with Gasteiger partial charge in [0.05, 0.1) is 5.75 Å². The quantitative estimate of drug-likeness (QED) is 0.851. The molecule has 0 fully saturated rings. The van der Waals surface area contributed by atoms with Gasteiger partial charge in [-0.05, 0) is 23.6 Å². The zero-order valence-electron chi connectivity index (χ0n) is 10.8. The molecule has 0 aliphatic rings. The monoisotopic (exact) mass is 272 g/mol. The molecule has 98 valence electrons. The molecule has 0 spiro atoms. The van der Waals surface area contributed by atoms with E-state index in [0.717, 1.165) is 16.7 Å². The van der Waals surface area contributed by atoms with Gasteiger partial charge in [-0.1, -0.05) is 60.7 Å². The van der Waals surface area contributed by atoms with Gasteiger partial charge in [-0.15, -0.1) is 0 Å². The summed E-state index contributed by atoms with van der Waals surface area (Å²) in [6.07, 6.45) is 0. The number of benzene rings is 2. The molecule has 3 heteroatoms. The Kier molecular flexibility index (Phi) is 4.17. The van der Waals surface area contributed by atoms with E-state index in [1.807, 2.05) is 67.6 Å². The van der Waals surface area contributed by atoms with Crippen molar-refractivity contribution >= 4 is 15.4 Å². The molecule has 0 unspecified atom stereocenters. The molecular weight excluding hydrogens is 256 g/mol. The summed E-state index contributed by atoms with van der Waals surface area (Å²) >= 11 is 0. The lowest BCUT2D eigenvalue weighted by molar-refractivity contribution is 0.604. The predicted molar refractivity (Wildman–Crippen MR) is 79.2 cm³/mol.